The Balaban J connectivity index is 1.55. The number of fused-ring (bicyclic) bond motifs is 7. The summed E-state index contributed by atoms with van der Waals surface area (Å²) in [6, 6.07) is 2.08. The molecule has 240 valence electrons. The number of rotatable bonds is 2. The molecule has 4 unspecified atom stereocenters. The molecule has 2 fully saturated rings. The van der Waals surface area contributed by atoms with Gasteiger partial charge < -0.3 is 14.6 Å². The molecule has 1 spiro atoms. The maximum atomic E-state index is 14.0. The smallest absolute Gasteiger partial charge is 0.223 e. The molecule has 1 N–H and O–H groups in total. The van der Waals surface area contributed by atoms with Crippen LogP contribution in [0.5, 0.6) is 11.5 Å². The largest absolute Gasteiger partial charge is 0.504 e. The molecule has 1 aromatic rings. The summed E-state index contributed by atoms with van der Waals surface area (Å²) in [5.74, 6) is 1.13. The maximum Gasteiger partial charge on any atom is 0.223 e. The summed E-state index contributed by atoms with van der Waals surface area (Å²) in [4.78, 5) is 27.6. The monoisotopic (exact) mass is 610 g/mol. The van der Waals surface area contributed by atoms with Crippen molar-refractivity contribution in [1.82, 2.24) is 0 Å². The number of carbonyl (C=O) groups is 2. The Labute approximate surface area is 268 Å². The van der Waals surface area contributed by atoms with Crippen LogP contribution in [-0.4, -0.2) is 28.4 Å². The lowest BCUT2D eigenvalue weighted by molar-refractivity contribution is -0.207. The molecular weight excluding hydrogens is 560 g/mol. The summed E-state index contributed by atoms with van der Waals surface area (Å²) in [6.45, 7) is 21.8. The van der Waals surface area contributed by atoms with Crippen molar-refractivity contribution in [3.63, 3.8) is 0 Å². The summed E-state index contributed by atoms with van der Waals surface area (Å²) in [5.41, 5.74) is 3.66. The normalized spacial score (nSPS) is 34.2. The number of benzene rings is 1. The van der Waals surface area contributed by atoms with Gasteiger partial charge in [-0.1, -0.05) is 87.7 Å². The number of Topliss-reactive ketones (excluding diaryl/α,β-unsaturated/α-hetero) is 1. The third kappa shape index (κ3) is 3.67. The number of aliphatic hydroxyl groups is 1. The number of hydrogen-bond donors (Lipinski definition) is 1. The molecule has 0 radical (unpaired) electrons. The third-order valence-corrected chi connectivity index (χ3v) is 12.8. The molecule has 5 aliphatic carbocycles. The van der Waals surface area contributed by atoms with E-state index in [1.54, 1.807) is 0 Å². The minimum atomic E-state index is -0.885. The summed E-state index contributed by atoms with van der Waals surface area (Å²) in [7, 11) is 0. The van der Waals surface area contributed by atoms with Gasteiger partial charge in [-0.3, -0.25) is 9.59 Å². The van der Waals surface area contributed by atoms with Crippen LogP contribution < -0.4 is 9.47 Å². The Bertz CT molecular complexity index is 1690. The van der Waals surface area contributed by atoms with Gasteiger partial charge in [0.1, 0.15) is 0 Å². The quantitative estimate of drug-likeness (QED) is 0.361. The lowest BCUT2D eigenvalue weighted by Crippen LogP contribution is -2.73. The van der Waals surface area contributed by atoms with Crippen LogP contribution >= 0.6 is 0 Å². The Morgan fingerprint density at radius 3 is 2.22 bits per heavy atom. The van der Waals surface area contributed by atoms with Crippen LogP contribution in [0.2, 0.25) is 0 Å². The van der Waals surface area contributed by atoms with Crippen LogP contribution in [-0.2, 0) is 10.2 Å². The van der Waals surface area contributed by atoms with E-state index >= 15 is 0 Å². The Morgan fingerprint density at radius 2 is 1.56 bits per heavy atom. The van der Waals surface area contributed by atoms with Gasteiger partial charge in [-0.15, -0.1) is 0 Å². The number of carbonyl (C=O) groups excluding carboxylic acids is 2. The Hall–Kier alpha value is -3.08. The van der Waals surface area contributed by atoms with Gasteiger partial charge in [0.05, 0.1) is 0 Å². The van der Waals surface area contributed by atoms with Gasteiger partial charge in [-0.05, 0) is 72.8 Å². The predicted octanol–water partition coefficient (Wildman–Crippen LogP) is 9.41. The molecule has 2 saturated carbocycles. The first kappa shape index (κ1) is 30.6. The zero-order chi connectivity index (χ0) is 32.6. The molecule has 0 aromatic heterocycles. The second kappa shape index (κ2) is 9.26. The molecule has 5 nitrogen and oxygen atoms in total. The van der Waals surface area contributed by atoms with Crippen molar-refractivity contribution in [1.29, 1.82) is 0 Å². The van der Waals surface area contributed by atoms with Crippen LogP contribution in [0.15, 0.2) is 52.3 Å². The van der Waals surface area contributed by atoms with E-state index in [-0.39, 0.29) is 45.4 Å². The SMILES string of the molecule is CC(C)C1=CC2=CC3Oc4c(c(C(C)C)cc5c4C4(C)CCCC(C)(C)C4=CC5=O)OC34C(C)(C)CCCC4(C)C2=C(O)C1=O. The van der Waals surface area contributed by atoms with Gasteiger partial charge in [0.15, 0.2) is 34.7 Å². The molecule has 1 aromatic carbocycles. The van der Waals surface area contributed by atoms with Crippen molar-refractivity contribution in [2.45, 2.75) is 131 Å². The fourth-order valence-corrected chi connectivity index (χ4v) is 10.6. The topological polar surface area (TPSA) is 72.8 Å². The first-order chi connectivity index (χ1) is 20.9. The van der Waals surface area contributed by atoms with Crippen LogP contribution in [0.3, 0.4) is 0 Å². The Morgan fingerprint density at radius 1 is 0.867 bits per heavy atom. The number of aliphatic hydroxyl groups excluding tert-OH is 1. The first-order valence-corrected chi connectivity index (χ1v) is 17.2. The van der Waals surface area contributed by atoms with E-state index in [0.29, 0.717) is 16.9 Å². The minimum absolute atomic E-state index is 0.0277. The standard InChI is InChI=1S/C40H50O5/c1-21(2)24-17-23-18-29-40(37(7,8)14-12-16-39(40,10)30(23)33(43)32(24)42)45-34-25(22(3)4)19-26-27(41)20-28-36(5,6)13-11-15-38(28,9)31(26)35(34)44-29/h17-22,29,43H,11-16H2,1-10H3. The van der Waals surface area contributed by atoms with E-state index in [4.69, 9.17) is 9.47 Å². The lowest BCUT2D eigenvalue weighted by Gasteiger charge is -2.66. The fourth-order valence-electron chi connectivity index (χ4n) is 10.6. The molecule has 4 atom stereocenters. The molecule has 1 aliphatic heterocycles. The van der Waals surface area contributed by atoms with Crippen molar-refractivity contribution in [3.05, 3.63) is 69.0 Å². The summed E-state index contributed by atoms with van der Waals surface area (Å²) in [5, 5.41) is 11.7. The van der Waals surface area contributed by atoms with E-state index in [9.17, 15) is 14.7 Å². The first-order valence-electron chi connectivity index (χ1n) is 17.2. The highest BCUT2D eigenvalue weighted by atomic mass is 16.6. The van der Waals surface area contributed by atoms with Crippen LogP contribution in [0.1, 0.15) is 135 Å². The highest BCUT2D eigenvalue weighted by Crippen LogP contribution is 2.69. The van der Waals surface area contributed by atoms with Crippen molar-refractivity contribution >= 4 is 11.6 Å². The summed E-state index contributed by atoms with van der Waals surface area (Å²) in [6.07, 6.45) is 11.2. The molecule has 5 heteroatoms. The van der Waals surface area contributed by atoms with Gasteiger partial charge in [0.25, 0.3) is 0 Å². The van der Waals surface area contributed by atoms with Gasteiger partial charge >= 0.3 is 0 Å². The lowest BCUT2D eigenvalue weighted by atomic mass is 9.45. The zero-order valence-corrected chi connectivity index (χ0v) is 28.9. The second-order valence-corrected chi connectivity index (χ2v) is 17.1. The van der Waals surface area contributed by atoms with E-state index in [1.165, 1.54) is 5.57 Å². The number of hydrogen-bond acceptors (Lipinski definition) is 5. The van der Waals surface area contributed by atoms with Crippen LogP contribution in [0, 0.1) is 22.2 Å². The predicted molar refractivity (Wildman–Crippen MR) is 177 cm³/mol. The minimum Gasteiger partial charge on any atom is -0.504 e. The van der Waals surface area contributed by atoms with Crippen molar-refractivity contribution in [2.24, 2.45) is 22.2 Å². The van der Waals surface area contributed by atoms with Gasteiger partial charge in [-0.2, -0.15) is 0 Å². The highest BCUT2D eigenvalue weighted by Gasteiger charge is 2.71. The molecule has 1 heterocycles. The van der Waals surface area contributed by atoms with Crippen molar-refractivity contribution in [3.8, 4) is 11.5 Å². The zero-order valence-electron chi connectivity index (χ0n) is 28.9. The molecule has 0 saturated heterocycles. The van der Waals surface area contributed by atoms with Crippen molar-refractivity contribution in [2.75, 3.05) is 0 Å². The number of allylic oxidation sites excluding steroid dienone is 5. The molecule has 45 heavy (non-hydrogen) atoms. The average Bonchev–Trinajstić information content (AvgIpc) is 2.93. The van der Waals surface area contributed by atoms with E-state index in [1.807, 2.05) is 26.0 Å². The fraction of sp³-hybridized carbons (Fsp3) is 0.600. The van der Waals surface area contributed by atoms with E-state index in [0.717, 1.165) is 66.5 Å². The van der Waals surface area contributed by atoms with Crippen LogP contribution in [0.25, 0.3) is 0 Å². The molecule has 0 amide bonds. The van der Waals surface area contributed by atoms with Crippen molar-refractivity contribution < 1.29 is 24.2 Å². The number of ketones is 2. The van der Waals surface area contributed by atoms with Gasteiger partial charge in [-0.25, -0.2) is 0 Å². The van der Waals surface area contributed by atoms with Crippen LogP contribution in [0.4, 0.5) is 0 Å². The van der Waals surface area contributed by atoms with E-state index in [2.05, 4.69) is 67.5 Å². The molecule has 6 aliphatic rings. The summed E-state index contributed by atoms with van der Waals surface area (Å²) < 4.78 is 15.1. The van der Waals surface area contributed by atoms with Gasteiger partial charge in [0, 0.05) is 44.1 Å². The molecule has 0 bridgehead atoms. The van der Waals surface area contributed by atoms with E-state index < -0.39 is 17.1 Å². The summed E-state index contributed by atoms with van der Waals surface area (Å²) >= 11 is 0. The maximum absolute atomic E-state index is 14.0. The molecule has 7 rings (SSSR count). The highest BCUT2D eigenvalue weighted by molar-refractivity contribution is 6.10. The third-order valence-electron chi connectivity index (χ3n) is 12.8. The second-order valence-electron chi connectivity index (χ2n) is 17.1. The average molecular weight is 611 g/mol. The Kier molecular flexibility index (Phi) is 6.29. The molecular formula is C40H50O5. The van der Waals surface area contributed by atoms with Gasteiger partial charge in [0.2, 0.25) is 5.78 Å². The number of ether oxygens (including phenoxy) is 2.